The Kier molecular flexibility index (Phi) is 12.3. The van der Waals surface area contributed by atoms with Crippen molar-refractivity contribution in [3.63, 3.8) is 0 Å². The molecule has 7 atom stereocenters. The van der Waals surface area contributed by atoms with E-state index in [0.29, 0.717) is 36.5 Å². The third-order valence-electron chi connectivity index (χ3n) is 12.0. The van der Waals surface area contributed by atoms with E-state index in [1.807, 2.05) is 6.07 Å². The van der Waals surface area contributed by atoms with Crippen LogP contribution in [0.25, 0.3) is 0 Å². The van der Waals surface area contributed by atoms with Gasteiger partial charge in [-0.1, -0.05) is 57.9 Å². The number of alkyl halides is 9. The maximum atomic E-state index is 13.8. The summed E-state index contributed by atoms with van der Waals surface area (Å²) in [6, 6.07) is 5.76. The molecule has 4 nitrogen and oxygen atoms in total. The number of aliphatic hydroxyl groups is 1. The van der Waals surface area contributed by atoms with Crippen molar-refractivity contribution in [1.29, 1.82) is 0 Å². The summed E-state index contributed by atoms with van der Waals surface area (Å²) in [7, 11) is 0. The summed E-state index contributed by atoms with van der Waals surface area (Å²) < 4.78 is 118. The molecule has 280 valence electrons. The minimum absolute atomic E-state index is 0.0467. The van der Waals surface area contributed by atoms with Gasteiger partial charge >= 0.3 is 29.9 Å². The Labute approximate surface area is 281 Å². The van der Waals surface area contributed by atoms with E-state index in [1.54, 1.807) is 6.07 Å². The monoisotopic (exact) mass is 716 g/mol. The van der Waals surface area contributed by atoms with Crippen LogP contribution < -0.4 is 0 Å². The van der Waals surface area contributed by atoms with Crippen LogP contribution in [0.4, 0.5) is 39.5 Å². The molecule has 0 aliphatic heterocycles. The van der Waals surface area contributed by atoms with E-state index in [0.717, 1.165) is 70.6 Å². The van der Waals surface area contributed by atoms with Crippen molar-refractivity contribution in [2.45, 2.75) is 152 Å². The lowest BCUT2D eigenvalue weighted by molar-refractivity contribution is -0.396. The minimum atomic E-state index is -6.94. The van der Waals surface area contributed by atoms with Crippen molar-refractivity contribution in [2.24, 2.45) is 29.1 Å². The summed E-state index contributed by atoms with van der Waals surface area (Å²) in [5, 5.41) is 30.4. The lowest BCUT2D eigenvalue weighted by Crippen LogP contribution is -2.60. The first-order valence-electron chi connectivity index (χ1n) is 17.7. The number of unbranched alkanes of at least 4 members (excludes halogenated alkanes) is 6. The normalized spacial score (nSPS) is 28.1. The van der Waals surface area contributed by atoms with Gasteiger partial charge in [-0.25, -0.2) is 0 Å². The molecule has 2 saturated carbocycles. The molecule has 3 aliphatic carbocycles. The molecule has 0 radical (unpaired) electrons. The molecule has 0 aromatic heterocycles. The van der Waals surface area contributed by atoms with Crippen LogP contribution in [-0.4, -0.2) is 51.3 Å². The number of phenols is 1. The molecule has 13 heteroatoms. The summed E-state index contributed by atoms with van der Waals surface area (Å²) in [6.07, 6.45) is 1.01. The molecule has 4 rings (SSSR count). The first-order chi connectivity index (χ1) is 22.7. The van der Waals surface area contributed by atoms with Crippen molar-refractivity contribution in [1.82, 2.24) is 0 Å². The molecule has 6 unspecified atom stereocenters. The molecular formula is C36H49F9O4. The van der Waals surface area contributed by atoms with Crippen LogP contribution in [0.2, 0.25) is 0 Å². The van der Waals surface area contributed by atoms with Gasteiger partial charge in [-0.05, 0) is 110 Å². The number of benzene rings is 1. The van der Waals surface area contributed by atoms with Crippen molar-refractivity contribution < 1.29 is 59.6 Å². The van der Waals surface area contributed by atoms with Gasteiger partial charge in [0.1, 0.15) is 5.75 Å². The number of hydrogen-bond acceptors (Lipinski definition) is 3. The van der Waals surface area contributed by atoms with E-state index in [2.05, 4.69) is 13.0 Å². The Morgan fingerprint density at radius 3 is 2.10 bits per heavy atom. The zero-order chi connectivity index (χ0) is 36.4. The average molecular weight is 717 g/mol. The zero-order valence-electron chi connectivity index (χ0n) is 27.9. The summed E-state index contributed by atoms with van der Waals surface area (Å²) in [5.74, 6) is -19.7. The number of aromatic hydroxyl groups is 1. The van der Waals surface area contributed by atoms with Gasteiger partial charge in [0.05, 0.1) is 12.0 Å². The first-order valence-corrected chi connectivity index (χ1v) is 17.7. The second kappa shape index (κ2) is 15.2. The molecule has 0 saturated heterocycles. The van der Waals surface area contributed by atoms with Gasteiger partial charge in [-0.3, -0.25) is 4.79 Å². The smallest absolute Gasteiger partial charge is 0.460 e. The van der Waals surface area contributed by atoms with E-state index in [1.165, 1.54) is 11.1 Å². The topological polar surface area (TPSA) is 77.8 Å². The largest absolute Gasteiger partial charge is 0.508 e. The molecule has 0 heterocycles. The number of carbonyl (C=O) groups is 1. The quantitative estimate of drug-likeness (QED) is 0.111. The van der Waals surface area contributed by atoms with Crippen molar-refractivity contribution >= 4 is 5.97 Å². The van der Waals surface area contributed by atoms with Gasteiger partial charge in [0.25, 0.3) is 0 Å². The number of aliphatic hydroxyl groups excluding tert-OH is 1. The number of rotatable bonds is 17. The number of hydrogen-bond donors (Lipinski definition) is 3. The van der Waals surface area contributed by atoms with E-state index < -0.39 is 55.1 Å². The Morgan fingerprint density at radius 1 is 0.857 bits per heavy atom. The number of carboxylic acid groups (broad SMARTS) is 1. The van der Waals surface area contributed by atoms with E-state index in [-0.39, 0.29) is 23.7 Å². The van der Waals surface area contributed by atoms with Gasteiger partial charge < -0.3 is 15.3 Å². The van der Waals surface area contributed by atoms with Gasteiger partial charge in [-0.2, -0.15) is 39.5 Å². The highest BCUT2D eigenvalue weighted by molar-refractivity contribution is 5.69. The zero-order valence-corrected chi connectivity index (χ0v) is 27.9. The predicted molar refractivity (Wildman–Crippen MR) is 165 cm³/mol. The van der Waals surface area contributed by atoms with Crippen LogP contribution in [0.15, 0.2) is 18.2 Å². The third-order valence-corrected chi connectivity index (χ3v) is 12.0. The van der Waals surface area contributed by atoms with Crippen molar-refractivity contribution in [3.8, 4) is 5.75 Å². The van der Waals surface area contributed by atoms with Crippen LogP contribution in [0.5, 0.6) is 5.75 Å². The van der Waals surface area contributed by atoms with Gasteiger partial charge in [0.2, 0.25) is 0 Å². The molecule has 3 N–H and O–H groups in total. The van der Waals surface area contributed by atoms with Crippen LogP contribution in [0.1, 0.15) is 127 Å². The van der Waals surface area contributed by atoms with Crippen LogP contribution in [-0.2, 0) is 11.2 Å². The maximum Gasteiger partial charge on any atom is 0.460 e. The highest BCUT2D eigenvalue weighted by atomic mass is 19.4. The number of halogens is 9. The van der Waals surface area contributed by atoms with Crippen molar-refractivity contribution in [3.05, 3.63) is 29.3 Å². The second-order valence-electron chi connectivity index (χ2n) is 15.1. The van der Waals surface area contributed by atoms with E-state index >= 15 is 0 Å². The molecule has 1 aromatic carbocycles. The predicted octanol–water partition coefficient (Wildman–Crippen LogP) is 10.7. The molecule has 3 aliphatic rings. The van der Waals surface area contributed by atoms with Gasteiger partial charge in [0.15, 0.2) is 0 Å². The Balaban J connectivity index is 1.18. The highest BCUT2D eigenvalue weighted by Gasteiger charge is 2.81. The lowest BCUT2D eigenvalue weighted by Gasteiger charge is -2.54. The fourth-order valence-electron chi connectivity index (χ4n) is 9.34. The number of fused-ring (bicyclic) bond motifs is 5. The molecule has 0 amide bonds. The molecular weight excluding hydrogens is 667 g/mol. The number of carboxylic acids is 1. The van der Waals surface area contributed by atoms with E-state index in [4.69, 9.17) is 0 Å². The van der Waals surface area contributed by atoms with E-state index in [9.17, 15) is 59.6 Å². The van der Waals surface area contributed by atoms with Gasteiger partial charge in [-0.15, -0.1) is 0 Å². The van der Waals surface area contributed by atoms with Crippen LogP contribution >= 0.6 is 0 Å². The molecule has 49 heavy (non-hydrogen) atoms. The molecule has 0 bridgehead atoms. The minimum Gasteiger partial charge on any atom is -0.508 e. The number of phenolic OH excluding ortho intramolecular Hbond substituents is 1. The molecule has 2 fully saturated rings. The first kappa shape index (κ1) is 39.6. The molecule has 1 aromatic rings. The number of aliphatic carboxylic acids is 1. The third kappa shape index (κ3) is 8.16. The summed E-state index contributed by atoms with van der Waals surface area (Å²) in [4.78, 5) is 11.6. The van der Waals surface area contributed by atoms with Gasteiger partial charge in [0, 0.05) is 6.42 Å². The summed E-state index contributed by atoms with van der Waals surface area (Å²) in [6.45, 7) is 2.26. The highest BCUT2D eigenvalue weighted by Crippen LogP contribution is 2.63. The second-order valence-corrected chi connectivity index (χ2v) is 15.1. The van der Waals surface area contributed by atoms with Crippen LogP contribution in [0.3, 0.4) is 0 Å². The molecule has 0 spiro atoms. The fraction of sp³-hybridized carbons (Fsp3) is 0.806. The van der Waals surface area contributed by atoms with Crippen LogP contribution in [0, 0.1) is 29.1 Å². The lowest BCUT2D eigenvalue weighted by atomic mass is 9.51. The fourth-order valence-corrected chi connectivity index (χ4v) is 9.34. The standard InChI is InChI=1S/C36H49F9O4/c1-32-21-24(30-26-16-14-25(46)20-23(26)13-15-27(30)28(32)17-18-29(32)47)11-8-6-4-2-3-5-7-10-22(31(48)49)12-9-19-33(37,38)34(39,40)35(41,42)36(43,44)45/h14,16,20,22,24,27-30,46-47H,2-13,15,17-19,21H2,1H3,(H,48,49)/t22?,24?,27?,28?,29?,30?,32-/m0/s1. The number of aryl methyl sites for hydroxylation is 1. The summed E-state index contributed by atoms with van der Waals surface area (Å²) in [5.41, 5.74) is 2.49. The Morgan fingerprint density at radius 2 is 1.47 bits per heavy atom. The average Bonchev–Trinajstić information content (AvgIpc) is 3.31. The van der Waals surface area contributed by atoms with Crippen molar-refractivity contribution in [2.75, 3.05) is 0 Å². The summed E-state index contributed by atoms with van der Waals surface area (Å²) >= 11 is 0. The SMILES string of the molecule is C[C@]12CC(CCCCCCCCCC(CCCC(F)(F)C(F)(F)C(F)(F)C(F)(F)F)C(=O)O)C3c4ccc(O)cc4CCC3C1CCC2O. The maximum absolute atomic E-state index is 13.8. The Bertz CT molecular complexity index is 1270. The Hall–Kier alpha value is -2.18.